The maximum Gasteiger partial charge on any atom is 0.191 e. The Morgan fingerprint density at radius 3 is 2.95 bits per heavy atom. The highest BCUT2D eigenvalue weighted by atomic mass is 15.2. The van der Waals surface area contributed by atoms with Gasteiger partial charge in [0.15, 0.2) is 5.96 Å². The molecule has 0 saturated heterocycles. The third kappa shape index (κ3) is 3.28. The summed E-state index contributed by atoms with van der Waals surface area (Å²) in [4.78, 5) is 7.52. The zero-order valence-corrected chi connectivity index (χ0v) is 12.6. The summed E-state index contributed by atoms with van der Waals surface area (Å²) in [7, 11) is 1.77. The lowest BCUT2D eigenvalue weighted by Gasteiger charge is -2.10. The minimum Gasteiger partial charge on any atom is -0.361 e. The van der Waals surface area contributed by atoms with Gasteiger partial charge in [0.2, 0.25) is 0 Å². The summed E-state index contributed by atoms with van der Waals surface area (Å²) in [5.41, 5.74) is 3.52. The van der Waals surface area contributed by atoms with E-state index >= 15 is 0 Å². The zero-order valence-electron chi connectivity index (χ0n) is 12.6. The summed E-state index contributed by atoms with van der Waals surface area (Å²) in [6.45, 7) is 1.50. The van der Waals surface area contributed by atoms with Crippen LogP contribution >= 0.6 is 0 Å². The molecular formula is C16H20N6. The van der Waals surface area contributed by atoms with E-state index in [1.807, 2.05) is 12.1 Å². The first-order valence-electron chi connectivity index (χ1n) is 7.34. The van der Waals surface area contributed by atoms with Crippen LogP contribution in [0.15, 0.2) is 47.7 Å². The molecule has 3 aromatic rings. The van der Waals surface area contributed by atoms with Crippen LogP contribution in [0.4, 0.5) is 0 Å². The van der Waals surface area contributed by atoms with E-state index in [-0.39, 0.29) is 0 Å². The molecule has 6 heteroatoms. The van der Waals surface area contributed by atoms with Crippen LogP contribution in [-0.4, -0.2) is 34.7 Å². The molecule has 0 aliphatic carbocycles. The summed E-state index contributed by atoms with van der Waals surface area (Å²) in [6.07, 6.45) is 4.76. The quantitative estimate of drug-likeness (QED) is 0.428. The van der Waals surface area contributed by atoms with Crippen molar-refractivity contribution in [2.24, 2.45) is 4.99 Å². The Kier molecular flexibility index (Phi) is 4.38. The summed E-state index contributed by atoms with van der Waals surface area (Å²) in [6, 6.07) is 10.3. The zero-order chi connectivity index (χ0) is 15.2. The molecule has 4 N–H and O–H groups in total. The standard InChI is InChI=1S/C16H20N6/c1-17-16(20-11-13-7-9-21-22-13)18-8-6-12-10-19-15-5-3-2-4-14(12)15/h2-5,7,9-10,19H,6,8,11H2,1H3,(H,21,22)(H2,17,18,20). The van der Waals surface area contributed by atoms with Gasteiger partial charge in [0.05, 0.1) is 12.2 Å². The molecule has 0 unspecified atom stereocenters. The minimum atomic E-state index is 0.673. The molecule has 0 bridgehead atoms. The van der Waals surface area contributed by atoms with Gasteiger partial charge < -0.3 is 15.6 Å². The average Bonchev–Trinajstić information content (AvgIpc) is 3.20. The number of aromatic nitrogens is 3. The molecule has 0 saturated carbocycles. The van der Waals surface area contributed by atoms with E-state index in [0.717, 1.165) is 24.6 Å². The number of rotatable bonds is 5. The van der Waals surface area contributed by atoms with Gasteiger partial charge in [0.25, 0.3) is 0 Å². The van der Waals surface area contributed by atoms with Crippen molar-refractivity contribution >= 4 is 16.9 Å². The van der Waals surface area contributed by atoms with Crippen LogP contribution in [0, 0.1) is 0 Å². The van der Waals surface area contributed by atoms with E-state index in [4.69, 9.17) is 0 Å². The maximum absolute atomic E-state index is 4.22. The van der Waals surface area contributed by atoms with Gasteiger partial charge in [-0.2, -0.15) is 5.10 Å². The van der Waals surface area contributed by atoms with Gasteiger partial charge in [-0.1, -0.05) is 18.2 Å². The lowest BCUT2D eigenvalue weighted by molar-refractivity contribution is 0.781. The molecule has 0 fully saturated rings. The first-order chi connectivity index (χ1) is 10.9. The lowest BCUT2D eigenvalue weighted by atomic mass is 10.1. The molecule has 22 heavy (non-hydrogen) atoms. The number of hydrogen-bond donors (Lipinski definition) is 4. The molecular weight excluding hydrogens is 276 g/mol. The lowest BCUT2D eigenvalue weighted by Crippen LogP contribution is -2.37. The highest BCUT2D eigenvalue weighted by Crippen LogP contribution is 2.17. The Balaban J connectivity index is 1.51. The molecule has 0 aliphatic heterocycles. The molecule has 0 amide bonds. The summed E-state index contributed by atoms with van der Waals surface area (Å²) in [5.74, 6) is 0.787. The number of fused-ring (bicyclic) bond motifs is 1. The fourth-order valence-electron chi connectivity index (χ4n) is 2.44. The van der Waals surface area contributed by atoms with E-state index in [2.05, 4.69) is 55.2 Å². The Bertz CT molecular complexity index is 741. The average molecular weight is 296 g/mol. The van der Waals surface area contributed by atoms with Crippen molar-refractivity contribution < 1.29 is 0 Å². The highest BCUT2D eigenvalue weighted by Gasteiger charge is 2.03. The second kappa shape index (κ2) is 6.80. The number of H-pyrrole nitrogens is 2. The highest BCUT2D eigenvalue weighted by molar-refractivity contribution is 5.83. The fourth-order valence-corrected chi connectivity index (χ4v) is 2.44. The molecule has 1 aromatic carbocycles. The van der Waals surface area contributed by atoms with Gasteiger partial charge >= 0.3 is 0 Å². The molecule has 2 aromatic heterocycles. The normalized spacial score (nSPS) is 11.8. The first-order valence-corrected chi connectivity index (χ1v) is 7.34. The van der Waals surface area contributed by atoms with Crippen molar-refractivity contribution in [3.8, 4) is 0 Å². The number of para-hydroxylation sites is 1. The molecule has 2 heterocycles. The van der Waals surface area contributed by atoms with Crippen molar-refractivity contribution in [2.75, 3.05) is 13.6 Å². The predicted molar refractivity (Wildman–Crippen MR) is 88.8 cm³/mol. The van der Waals surface area contributed by atoms with Crippen LogP contribution in [0.5, 0.6) is 0 Å². The number of hydrogen-bond acceptors (Lipinski definition) is 2. The summed E-state index contributed by atoms with van der Waals surface area (Å²) in [5, 5.41) is 14.7. The number of guanidine groups is 1. The monoisotopic (exact) mass is 296 g/mol. The minimum absolute atomic E-state index is 0.673. The van der Waals surface area contributed by atoms with E-state index in [9.17, 15) is 0 Å². The van der Waals surface area contributed by atoms with E-state index in [1.165, 1.54) is 16.5 Å². The van der Waals surface area contributed by atoms with Crippen LogP contribution in [0.3, 0.4) is 0 Å². The molecule has 3 rings (SSSR count). The Morgan fingerprint density at radius 2 is 2.14 bits per heavy atom. The second-order valence-corrected chi connectivity index (χ2v) is 5.04. The Morgan fingerprint density at radius 1 is 1.23 bits per heavy atom. The fraction of sp³-hybridized carbons (Fsp3) is 0.250. The predicted octanol–water partition coefficient (Wildman–Crippen LogP) is 1.80. The number of benzene rings is 1. The number of aliphatic imine (C=N–C) groups is 1. The topological polar surface area (TPSA) is 80.9 Å². The van der Waals surface area contributed by atoms with E-state index in [1.54, 1.807) is 13.2 Å². The van der Waals surface area contributed by atoms with E-state index in [0.29, 0.717) is 6.54 Å². The van der Waals surface area contributed by atoms with Gasteiger partial charge in [0, 0.05) is 36.9 Å². The SMILES string of the molecule is CN=C(NCCc1c[nH]c2ccccc12)NCc1ccn[nH]1. The molecule has 0 aliphatic rings. The smallest absolute Gasteiger partial charge is 0.191 e. The van der Waals surface area contributed by atoms with Gasteiger partial charge in [-0.15, -0.1) is 0 Å². The van der Waals surface area contributed by atoms with Crippen molar-refractivity contribution in [3.05, 3.63) is 54.0 Å². The van der Waals surface area contributed by atoms with Gasteiger partial charge in [-0.3, -0.25) is 10.1 Å². The third-order valence-corrected chi connectivity index (χ3v) is 3.59. The maximum atomic E-state index is 4.22. The molecule has 0 spiro atoms. The van der Waals surface area contributed by atoms with Crippen molar-refractivity contribution in [1.29, 1.82) is 0 Å². The Hall–Kier alpha value is -2.76. The molecule has 0 radical (unpaired) electrons. The largest absolute Gasteiger partial charge is 0.361 e. The number of nitrogens with zero attached hydrogens (tertiary/aromatic N) is 2. The van der Waals surface area contributed by atoms with Crippen LogP contribution in [-0.2, 0) is 13.0 Å². The third-order valence-electron chi connectivity index (χ3n) is 3.59. The van der Waals surface area contributed by atoms with Crippen molar-refractivity contribution in [2.45, 2.75) is 13.0 Å². The van der Waals surface area contributed by atoms with Crippen LogP contribution in [0.2, 0.25) is 0 Å². The van der Waals surface area contributed by atoms with Crippen molar-refractivity contribution in [1.82, 2.24) is 25.8 Å². The second-order valence-electron chi connectivity index (χ2n) is 5.04. The van der Waals surface area contributed by atoms with Gasteiger partial charge in [0.1, 0.15) is 0 Å². The van der Waals surface area contributed by atoms with Crippen LogP contribution in [0.1, 0.15) is 11.3 Å². The number of nitrogens with one attached hydrogen (secondary N) is 4. The van der Waals surface area contributed by atoms with Gasteiger partial charge in [-0.25, -0.2) is 0 Å². The Labute approximate surface area is 129 Å². The van der Waals surface area contributed by atoms with Crippen molar-refractivity contribution in [3.63, 3.8) is 0 Å². The van der Waals surface area contributed by atoms with Crippen LogP contribution in [0.25, 0.3) is 10.9 Å². The molecule has 6 nitrogen and oxygen atoms in total. The summed E-state index contributed by atoms with van der Waals surface area (Å²) < 4.78 is 0. The number of aromatic amines is 2. The van der Waals surface area contributed by atoms with Gasteiger partial charge in [-0.05, 0) is 24.1 Å². The molecule has 114 valence electrons. The first kappa shape index (κ1) is 14.2. The van der Waals surface area contributed by atoms with E-state index < -0.39 is 0 Å². The van der Waals surface area contributed by atoms with Crippen LogP contribution < -0.4 is 10.6 Å². The molecule has 0 atom stereocenters. The summed E-state index contributed by atoms with van der Waals surface area (Å²) >= 11 is 0.